The number of carbonyl (C=O) groups excluding carboxylic acids is 4. The molecular formula is C24H43N5O4. The second kappa shape index (κ2) is 15.3. The van der Waals surface area contributed by atoms with E-state index in [-0.39, 0.29) is 18.4 Å². The monoisotopic (exact) mass is 465 g/mol. The van der Waals surface area contributed by atoms with Gasteiger partial charge in [-0.1, -0.05) is 54.4 Å². The van der Waals surface area contributed by atoms with Gasteiger partial charge in [-0.15, -0.1) is 0 Å². The first-order chi connectivity index (χ1) is 15.3. The zero-order valence-corrected chi connectivity index (χ0v) is 21.3. The molecule has 0 saturated carbocycles. The molecule has 0 aromatic rings. The molecule has 0 bridgehead atoms. The Morgan fingerprint density at radius 2 is 1.73 bits per heavy atom. The van der Waals surface area contributed by atoms with Gasteiger partial charge >= 0.3 is 0 Å². The van der Waals surface area contributed by atoms with Crippen molar-refractivity contribution in [2.45, 2.75) is 92.7 Å². The molecule has 33 heavy (non-hydrogen) atoms. The zero-order chi connectivity index (χ0) is 25.6. The molecule has 0 aromatic carbocycles. The quantitative estimate of drug-likeness (QED) is 0.365. The van der Waals surface area contributed by atoms with Crippen LogP contribution in [-0.2, 0) is 19.2 Å². The van der Waals surface area contributed by atoms with E-state index < -0.39 is 29.3 Å². The summed E-state index contributed by atoms with van der Waals surface area (Å²) in [6.07, 6.45) is 3.42. The molecule has 3 unspecified atom stereocenters. The highest BCUT2D eigenvalue weighted by Crippen LogP contribution is 2.18. The molecule has 9 heteroatoms. The maximum atomic E-state index is 12.5. The van der Waals surface area contributed by atoms with Crippen LogP contribution in [0.15, 0.2) is 0 Å². The summed E-state index contributed by atoms with van der Waals surface area (Å²) in [6.45, 7) is 13.8. The molecular weight excluding hydrogens is 422 g/mol. The molecule has 1 aliphatic heterocycles. The Balaban J connectivity index is 0.00000235. The Kier molecular flexibility index (Phi) is 14.0. The molecule has 188 valence electrons. The van der Waals surface area contributed by atoms with E-state index in [0.29, 0.717) is 31.7 Å². The average molecular weight is 466 g/mol. The summed E-state index contributed by atoms with van der Waals surface area (Å²) in [4.78, 5) is 47.9. The summed E-state index contributed by atoms with van der Waals surface area (Å²) >= 11 is 0. The molecule has 1 rings (SSSR count). The number of nitriles is 1. The standard InChI is InChI=1S/C20H33N5O4.C4H10/c1-13(10-21)24-17(27)12-23-18(28)15(25-19(29)20(2,3)4)8-6-5-7-14-9-16(26)22-11-14;1-4(2)3/h13-15H,5-9,11-12H2,1-4H3,(H,22,26)(H,23,28)(H,24,27)(H,25,29);4H,1-3H3. The summed E-state index contributed by atoms with van der Waals surface area (Å²) in [7, 11) is 0. The molecule has 0 radical (unpaired) electrons. The third-order valence-corrected chi connectivity index (χ3v) is 4.71. The Bertz CT molecular complexity index is 691. The van der Waals surface area contributed by atoms with Crippen molar-refractivity contribution < 1.29 is 19.2 Å². The second-order valence-electron chi connectivity index (χ2n) is 10.3. The van der Waals surface area contributed by atoms with Gasteiger partial charge in [0.25, 0.3) is 0 Å². The first-order valence-electron chi connectivity index (χ1n) is 11.8. The Morgan fingerprint density at radius 3 is 2.21 bits per heavy atom. The number of carbonyl (C=O) groups is 4. The fourth-order valence-electron chi connectivity index (χ4n) is 2.91. The maximum Gasteiger partial charge on any atom is 0.243 e. The summed E-state index contributed by atoms with van der Waals surface area (Å²) in [5.41, 5.74) is -0.645. The van der Waals surface area contributed by atoms with Gasteiger partial charge in [0.2, 0.25) is 23.6 Å². The highest BCUT2D eigenvalue weighted by molar-refractivity contribution is 5.91. The van der Waals surface area contributed by atoms with Crippen molar-refractivity contribution in [3.63, 3.8) is 0 Å². The number of hydrogen-bond donors (Lipinski definition) is 4. The maximum absolute atomic E-state index is 12.5. The Hall–Kier alpha value is -2.63. The highest BCUT2D eigenvalue weighted by atomic mass is 16.2. The molecule has 1 aliphatic rings. The van der Waals surface area contributed by atoms with Crippen molar-refractivity contribution in [3.05, 3.63) is 0 Å². The zero-order valence-electron chi connectivity index (χ0n) is 21.3. The van der Waals surface area contributed by atoms with E-state index in [0.717, 1.165) is 18.8 Å². The average Bonchev–Trinajstić information content (AvgIpc) is 3.12. The van der Waals surface area contributed by atoms with Gasteiger partial charge in [-0.3, -0.25) is 19.2 Å². The van der Waals surface area contributed by atoms with Gasteiger partial charge in [-0.2, -0.15) is 5.26 Å². The van der Waals surface area contributed by atoms with Crippen LogP contribution in [0.25, 0.3) is 0 Å². The van der Waals surface area contributed by atoms with E-state index in [2.05, 4.69) is 42.0 Å². The molecule has 1 saturated heterocycles. The predicted octanol–water partition coefficient (Wildman–Crippen LogP) is 2.02. The van der Waals surface area contributed by atoms with E-state index >= 15 is 0 Å². The van der Waals surface area contributed by atoms with Gasteiger partial charge in [0.05, 0.1) is 12.6 Å². The van der Waals surface area contributed by atoms with Gasteiger partial charge in [-0.25, -0.2) is 0 Å². The van der Waals surface area contributed by atoms with Crippen molar-refractivity contribution in [2.24, 2.45) is 17.3 Å². The van der Waals surface area contributed by atoms with E-state index in [4.69, 9.17) is 5.26 Å². The second-order valence-corrected chi connectivity index (χ2v) is 10.3. The number of amides is 4. The largest absolute Gasteiger partial charge is 0.356 e. The molecule has 0 aromatic heterocycles. The normalized spacial score (nSPS) is 17.1. The van der Waals surface area contributed by atoms with Crippen LogP contribution >= 0.6 is 0 Å². The van der Waals surface area contributed by atoms with E-state index in [1.165, 1.54) is 0 Å². The van der Waals surface area contributed by atoms with Crippen molar-refractivity contribution in [2.75, 3.05) is 13.1 Å². The summed E-state index contributed by atoms with van der Waals surface area (Å²) in [6, 6.07) is 0.492. The predicted molar refractivity (Wildman–Crippen MR) is 128 cm³/mol. The van der Waals surface area contributed by atoms with Crippen molar-refractivity contribution in [1.82, 2.24) is 21.3 Å². The van der Waals surface area contributed by atoms with Gasteiger partial charge in [0, 0.05) is 18.4 Å². The molecule has 4 N–H and O–H groups in total. The van der Waals surface area contributed by atoms with Crippen LogP contribution in [0.5, 0.6) is 0 Å². The molecule has 4 amide bonds. The fourth-order valence-corrected chi connectivity index (χ4v) is 2.91. The topological polar surface area (TPSA) is 140 Å². The van der Waals surface area contributed by atoms with E-state index in [1.54, 1.807) is 27.7 Å². The van der Waals surface area contributed by atoms with Crippen LogP contribution in [0.3, 0.4) is 0 Å². The molecule has 0 aliphatic carbocycles. The number of rotatable bonds is 10. The van der Waals surface area contributed by atoms with Crippen LogP contribution < -0.4 is 21.3 Å². The van der Waals surface area contributed by atoms with Gasteiger partial charge in [-0.05, 0) is 31.6 Å². The smallest absolute Gasteiger partial charge is 0.243 e. The van der Waals surface area contributed by atoms with Gasteiger partial charge in [0.1, 0.15) is 12.1 Å². The number of nitrogens with zero attached hydrogens (tertiary/aromatic N) is 1. The van der Waals surface area contributed by atoms with Gasteiger partial charge in [0.15, 0.2) is 0 Å². The van der Waals surface area contributed by atoms with Crippen LogP contribution in [0, 0.1) is 28.6 Å². The summed E-state index contributed by atoms with van der Waals surface area (Å²) < 4.78 is 0. The van der Waals surface area contributed by atoms with E-state index in [9.17, 15) is 19.2 Å². The lowest BCUT2D eigenvalue weighted by molar-refractivity contribution is -0.134. The lowest BCUT2D eigenvalue weighted by Gasteiger charge is -2.24. The highest BCUT2D eigenvalue weighted by Gasteiger charge is 2.28. The van der Waals surface area contributed by atoms with Crippen molar-refractivity contribution in [1.29, 1.82) is 5.26 Å². The minimum atomic E-state index is -0.744. The minimum Gasteiger partial charge on any atom is -0.356 e. The van der Waals surface area contributed by atoms with Crippen LogP contribution in [-0.4, -0.2) is 48.8 Å². The lowest BCUT2D eigenvalue weighted by Crippen LogP contribution is -2.51. The third kappa shape index (κ3) is 14.9. The Morgan fingerprint density at radius 1 is 1.12 bits per heavy atom. The van der Waals surface area contributed by atoms with Crippen LogP contribution in [0.4, 0.5) is 0 Å². The van der Waals surface area contributed by atoms with Crippen LogP contribution in [0.1, 0.15) is 80.6 Å². The third-order valence-electron chi connectivity index (χ3n) is 4.71. The number of hydrogen-bond acceptors (Lipinski definition) is 5. The number of nitrogens with one attached hydrogen (secondary N) is 4. The molecule has 1 heterocycles. The van der Waals surface area contributed by atoms with Gasteiger partial charge < -0.3 is 21.3 Å². The Labute approximate surface area is 198 Å². The molecule has 9 nitrogen and oxygen atoms in total. The van der Waals surface area contributed by atoms with Crippen molar-refractivity contribution in [3.8, 4) is 6.07 Å². The summed E-state index contributed by atoms with van der Waals surface area (Å²) in [5.74, 6) is 0.0935. The molecule has 0 spiro atoms. The minimum absolute atomic E-state index is 0.0775. The first-order valence-corrected chi connectivity index (χ1v) is 11.8. The van der Waals surface area contributed by atoms with E-state index in [1.807, 2.05) is 6.07 Å². The van der Waals surface area contributed by atoms with Crippen LogP contribution in [0.2, 0.25) is 0 Å². The first kappa shape index (κ1) is 30.4. The molecule has 1 fully saturated rings. The number of unbranched alkanes of at least 4 members (excludes halogenated alkanes) is 1. The fraction of sp³-hybridized carbons (Fsp3) is 0.792. The van der Waals surface area contributed by atoms with Crippen molar-refractivity contribution >= 4 is 23.6 Å². The lowest BCUT2D eigenvalue weighted by atomic mass is 9.94. The summed E-state index contributed by atoms with van der Waals surface area (Å²) in [5, 5.41) is 19.3. The SMILES string of the molecule is CC(C#N)NC(=O)CNC(=O)C(CCCCC1CNC(=O)C1)NC(=O)C(C)(C)C.CC(C)C. The molecule has 3 atom stereocenters.